The van der Waals surface area contributed by atoms with E-state index in [1.165, 1.54) is 55.2 Å². The number of benzene rings is 2. The summed E-state index contributed by atoms with van der Waals surface area (Å²) in [5.74, 6) is 1.54. The number of esters is 1. The largest absolute Gasteiger partial charge is 0.494 e. The molecule has 1 aliphatic carbocycles. The fourth-order valence-electron chi connectivity index (χ4n) is 5.69. The van der Waals surface area contributed by atoms with Crippen LogP contribution >= 0.6 is 0 Å². The predicted molar refractivity (Wildman–Crippen MR) is 164 cm³/mol. The van der Waals surface area contributed by atoms with Crippen LogP contribution in [0.5, 0.6) is 5.75 Å². The summed E-state index contributed by atoms with van der Waals surface area (Å²) in [6, 6.07) is 19.7. The molecule has 0 aliphatic heterocycles. The van der Waals surface area contributed by atoms with E-state index in [9.17, 15) is 10.1 Å². The summed E-state index contributed by atoms with van der Waals surface area (Å²) in [7, 11) is 0. The zero-order chi connectivity index (χ0) is 28.6. The molecule has 0 bridgehead atoms. The Bertz CT molecular complexity index is 1030. The highest BCUT2D eigenvalue weighted by Crippen LogP contribution is 2.37. The van der Waals surface area contributed by atoms with Gasteiger partial charge in [0.25, 0.3) is 0 Å². The molecule has 40 heavy (non-hydrogen) atoms. The third-order valence-corrected chi connectivity index (χ3v) is 8.61. The van der Waals surface area contributed by atoms with E-state index in [1.807, 2.05) is 0 Å². The molecule has 1 aliphatic rings. The van der Waals surface area contributed by atoms with Crippen molar-refractivity contribution < 1.29 is 14.3 Å². The van der Waals surface area contributed by atoms with Gasteiger partial charge in [0.05, 0.1) is 19.3 Å². The number of hydrogen-bond acceptors (Lipinski definition) is 4. The molecule has 0 radical (unpaired) electrons. The predicted octanol–water partition coefficient (Wildman–Crippen LogP) is 10.0. The summed E-state index contributed by atoms with van der Waals surface area (Å²) in [5.41, 5.74) is 2.82. The Morgan fingerprint density at radius 2 is 1.40 bits per heavy atom. The van der Waals surface area contributed by atoms with Gasteiger partial charge in [-0.15, -0.1) is 0 Å². The summed E-state index contributed by atoms with van der Waals surface area (Å²) < 4.78 is 11.6. The first-order valence-electron chi connectivity index (χ1n) is 15.9. The van der Waals surface area contributed by atoms with Crippen molar-refractivity contribution in [2.75, 3.05) is 13.2 Å². The van der Waals surface area contributed by atoms with Crippen LogP contribution in [0.4, 0.5) is 0 Å². The molecule has 0 aromatic heterocycles. The standard InChI is InChI=1S/C36H51NO3/c1-4-6-8-9-10-11-12-26-39-34-23-21-33(22-24-34)32-19-17-31(18-20-32)30-15-13-29(14-16-30)27-40-35(38)36(3,28-37)25-7-5-2/h17-24,29-30H,4-16,25-27H2,1-3H3. The van der Waals surface area contributed by atoms with Crippen molar-refractivity contribution in [2.24, 2.45) is 11.3 Å². The van der Waals surface area contributed by atoms with Crippen LogP contribution in [0, 0.1) is 22.7 Å². The summed E-state index contributed by atoms with van der Waals surface area (Å²) in [4.78, 5) is 12.6. The van der Waals surface area contributed by atoms with Crippen molar-refractivity contribution in [3.63, 3.8) is 0 Å². The molecular weight excluding hydrogens is 494 g/mol. The zero-order valence-corrected chi connectivity index (χ0v) is 25.3. The van der Waals surface area contributed by atoms with Gasteiger partial charge in [0.2, 0.25) is 0 Å². The molecule has 1 unspecified atom stereocenters. The summed E-state index contributed by atoms with van der Waals surface area (Å²) in [5, 5.41) is 9.50. The average molecular weight is 546 g/mol. The molecule has 0 saturated heterocycles. The minimum atomic E-state index is -1.02. The van der Waals surface area contributed by atoms with Gasteiger partial charge >= 0.3 is 5.97 Å². The Labute approximate surface area is 243 Å². The maximum Gasteiger partial charge on any atom is 0.326 e. The van der Waals surface area contributed by atoms with Crippen molar-refractivity contribution in [3.05, 3.63) is 54.1 Å². The lowest BCUT2D eigenvalue weighted by Crippen LogP contribution is -2.30. The highest BCUT2D eigenvalue weighted by atomic mass is 16.5. The molecular formula is C36H51NO3. The monoisotopic (exact) mass is 545 g/mol. The molecule has 1 saturated carbocycles. The maximum atomic E-state index is 12.6. The topological polar surface area (TPSA) is 59.3 Å². The zero-order valence-electron chi connectivity index (χ0n) is 25.3. The molecule has 4 nitrogen and oxygen atoms in total. The van der Waals surface area contributed by atoms with Crippen LogP contribution < -0.4 is 4.74 Å². The molecule has 4 heteroatoms. The lowest BCUT2D eigenvalue weighted by atomic mass is 9.78. The van der Waals surface area contributed by atoms with E-state index in [1.54, 1.807) is 6.92 Å². The number of nitriles is 1. The SMILES string of the molecule is CCCCCCCCCOc1ccc(-c2ccc(C3CCC(COC(=O)C(C)(C#N)CCCC)CC3)cc2)cc1. The van der Waals surface area contributed by atoms with Crippen molar-refractivity contribution in [1.29, 1.82) is 5.26 Å². The Kier molecular flexibility index (Phi) is 13.6. The van der Waals surface area contributed by atoms with Crippen molar-refractivity contribution in [3.8, 4) is 22.9 Å². The summed E-state index contributed by atoms with van der Waals surface area (Å²) >= 11 is 0. The lowest BCUT2D eigenvalue weighted by molar-refractivity contribution is -0.153. The van der Waals surface area contributed by atoms with E-state index in [4.69, 9.17) is 9.47 Å². The number of rotatable bonds is 17. The molecule has 0 spiro atoms. The van der Waals surface area contributed by atoms with Crippen LogP contribution in [0.3, 0.4) is 0 Å². The van der Waals surface area contributed by atoms with Gasteiger partial charge in [0.15, 0.2) is 5.41 Å². The van der Waals surface area contributed by atoms with Gasteiger partial charge in [-0.2, -0.15) is 5.26 Å². The molecule has 0 heterocycles. The first-order valence-corrected chi connectivity index (χ1v) is 15.9. The van der Waals surface area contributed by atoms with Crippen molar-refractivity contribution >= 4 is 5.97 Å². The number of unbranched alkanes of at least 4 members (excludes halogenated alkanes) is 7. The minimum absolute atomic E-state index is 0.353. The van der Waals surface area contributed by atoms with Crippen LogP contribution in [-0.4, -0.2) is 19.2 Å². The molecule has 1 fully saturated rings. The quantitative estimate of drug-likeness (QED) is 0.147. The van der Waals surface area contributed by atoms with E-state index < -0.39 is 5.41 Å². The van der Waals surface area contributed by atoms with E-state index in [-0.39, 0.29) is 5.97 Å². The van der Waals surface area contributed by atoms with Gasteiger partial charge in [-0.3, -0.25) is 4.79 Å². The fraction of sp³-hybridized carbons (Fsp3) is 0.611. The number of carbonyl (C=O) groups excluding carboxylic acids is 1. The van der Waals surface area contributed by atoms with Gasteiger partial charge < -0.3 is 9.47 Å². The Morgan fingerprint density at radius 3 is 2.00 bits per heavy atom. The highest BCUT2D eigenvalue weighted by molar-refractivity contribution is 5.79. The van der Waals surface area contributed by atoms with E-state index in [0.29, 0.717) is 24.9 Å². The molecule has 3 rings (SSSR count). The summed E-state index contributed by atoms with van der Waals surface area (Å²) in [6.07, 6.45) is 15.8. The minimum Gasteiger partial charge on any atom is -0.494 e. The van der Waals surface area contributed by atoms with Crippen LogP contribution in [-0.2, 0) is 9.53 Å². The Morgan fingerprint density at radius 1 is 0.825 bits per heavy atom. The second-order valence-corrected chi connectivity index (χ2v) is 12.0. The second-order valence-electron chi connectivity index (χ2n) is 12.0. The first kappa shape index (κ1) is 31.7. The number of carbonyl (C=O) groups is 1. The Hall–Kier alpha value is -2.80. The van der Waals surface area contributed by atoms with Gasteiger partial charge in [0, 0.05) is 0 Å². The normalized spacial score (nSPS) is 18.4. The second kappa shape index (κ2) is 17.1. The third-order valence-electron chi connectivity index (χ3n) is 8.61. The molecule has 2 aromatic rings. The van der Waals surface area contributed by atoms with Crippen LogP contribution in [0.25, 0.3) is 11.1 Å². The molecule has 1 atom stereocenters. The van der Waals surface area contributed by atoms with Crippen LogP contribution in [0.15, 0.2) is 48.5 Å². The van der Waals surface area contributed by atoms with Crippen molar-refractivity contribution in [1.82, 2.24) is 0 Å². The van der Waals surface area contributed by atoms with Crippen LogP contribution in [0.2, 0.25) is 0 Å². The third kappa shape index (κ3) is 9.99. The molecule has 0 N–H and O–H groups in total. The first-order chi connectivity index (χ1) is 19.5. The summed E-state index contributed by atoms with van der Waals surface area (Å²) in [6.45, 7) is 7.28. The van der Waals surface area contributed by atoms with Crippen LogP contribution in [0.1, 0.15) is 122 Å². The average Bonchev–Trinajstić information content (AvgIpc) is 3.00. The van der Waals surface area contributed by atoms with E-state index in [0.717, 1.165) is 57.3 Å². The maximum absolute atomic E-state index is 12.6. The molecule has 218 valence electrons. The lowest BCUT2D eigenvalue weighted by Gasteiger charge is -2.29. The fourth-order valence-corrected chi connectivity index (χ4v) is 5.69. The van der Waals surface area contributed by atoms with Gasteiger partial charge in [0.1, 0.15) is 5.75 Å². The van der Waals surface area contributed by atoms with Gasteiger partial charge in [-0.1, -0.05) is 102 Å². The van der Waals surface area contributed by atoms with E-state index in [2.05, 4.69) is 68.4 Å². The highest BCUT2D eigenvalue weighted by Gasteiger charge is 2.35. The molecule has 0 amide bonds. The number of hydrogen-bond donors (Lipinski definition) is 0. The van der Waals surface area contributed by atoms with Crippen molar-refractivity contribution in [2.45, 2.75) is 117 Å². The number of ether oxygens (including phenoxy) is 2. The van der Waals surface area contributed by atoms with Gasteiger partial charge in [-0.05, 0) is 86.1 Å². The smallest absolute Gasteiger partial charge is 0.326 e. The number of nitrogens with zero attached hydrogens (tertiary/aromatic N) is 1. The Balaban J connectivity index is 1.39. The van der Waals surface area contributed by atoms with E-state index >= 15 is 0 Å². The molecule has 2 aromatic carbocycles. The van der Waals surface area contributed by atoms with Gasteiger partial charge in [-0.25, -0.2) is 0 Å².